The second-order valence-corrected chi connectivity index (χ2v) is 13.0. The molecule has 0 aromatic heterocycles. The summed E-state index contributed by atoms with van der Waals surface area (Å²) < 4.78 is 54.2. The Balaban J connectivity index is 3.44. The Morgan fingerprint density at radius 2 is 0.920 bits per heavy atom. The smallest absolute Gasteiger partial charge is 0.407 e. The molecule has 4 N–H and O–H groups in total. The minimum atomic E-state index is -0.702. The maximum Gasteiger partial charge on any atom is 0.407 e. The molecule has 0 aliphatic carbocycles. The first-order valence-corrected chi connectivity index (χ1v) is 17.6. The molecule has 0 fully saturated rings. The zero-order valence-corrected chi connectivity index (χ0v) is 31.5. The first kappa shape index (κ1) is 47.8. The van der Waals surface area contributed by atoms with E-state index in [1.807, 2.05) is 20.8 Å². The first-order chi connectivity index (χ1) is 23.8. The molecular formula is C34H67N3O13. The van der Waals surface area contributed by atoms with Gasteiger partial charge in [0, 0.05) is 13.0 Å². The van der Waals surface area contributed by atoms with E-state index >= 15 is 0 Å². The van der Waals surface area contributed by atoms with E-state index in [4.69, 9.17) is 53.1 Å². The van der Waals surface area contributed by atoms with E-state index in [9.17, 15) is 14.4 Å². The third-order valence-electron chi connectivity index (χ3n) is 5.97. The van der Waals surface area contributed by atoms with Crippen molar-refractivity contribution in [1.29, 1.82) is 0 Å². The van der Waals surface area contributed by atoms with E-state index in [1.54, 1.807) is 20.8 Å². The minimum Gasteiger partial charge on any atom is -0.458 e. The van der Waals surface area contributed by atoms with Crippen LogP contribution in [-0.2, 0) is 57.0 Å². The highest BCUT2D eigenvalue weighted by Gasteiger charge is 2.26. The van der Waals surface area contributed by atoms with E-state index in [2.05, 4.69) is 10.6 Å². The van der Waals surface area contributed by atoms with Crippen molar-refractivity contribution in [1.82, 2.24) is 10.6 Å². The number of ether oxygens (including phenoxy) is 10. The molecule has 0 spiro atoms. The first-order valence-electron chi connectivity index (χ1n) is 17.6. The molecule has 0 aliphatic rings. The fraction of sp³-hybridized carbons (Fsp3) is 0.912. The molecule has 0 saturated heterocycles. The van der Waals surface area contributed by atoms with Crippen LogP contribution < -0.4 is 16.4 Å². The van der Waals surface area contributed by atoms with Gasteiger partial charge in [0.25, 0.3) is 0 Å². The standard InChI is InChI=1S/C34H67N3O13/c1-33(2,3)49-31(39)29(9-7-8-11-35)37-30(38)10-13-41-15-17-43-19-21-45-23-25-47-27-28-48-26-24-46-22-20-44-18-16-42-14-12-36-32(40)50-34(4,5)6/h29H,7-28,35H2,1-6H3,(H,36,40)(H,37,38)/t29-/m0/s1. The number of rotatable bonds is 33. The molecule has 0 radical (unpaired) electrons. The van der Waals surface area contributed by atoms with Gasteiger partial charge in [-0.05, 0) is 67.3 Å². The van der Waals surface area contributed by atoms with Crippen LogP contribution in [0.3, 0.4) is 0 Å². The molecule has 0 aromatic rings. The summed E-state index contributed by atoms with van der Waals surface area (Å²) in [5, 5.41) is 5.38. The Bertz CT molecular complexity index is 838. The van der Waals surface area contributed by atoms with Crippen LogP contribution in [0.2, 0.25) is 0 Å². The lowest BCUT2D eigenvalue weighted by Crippen LogP contribution is -2.44. The van der Waals surface area contributed by atoms with Crippen molar-refractivity contribution in [3.8, 4) is 0 Å². The summed E-state index contributed by atoms with van der Waals surface area (Å²) in [5.41, 5.74) is 4.39. The fourth-order valence-corrected chi connectivity index (χ4v) is 3.73. The highest BCUT2D eigenvalue weighted by atomic mass is 16.6. The summed E-state index contributed by atoms with van der Waals surface area (Å²) in [6.45, 7) is 18.4. The number of alkyl carbamates (subject to hydrolysis) is 1. The topological polar surface area (TPSA) is 194 Å². The van der Waals surface area contributed by atoms with Gasteiger partial charge in [-0.25, -0.2) is 9.59 Å². The zero-order valence-electron chi connectivity index (χ0n) is 31.5. The number of carbonyl (C=O) groups excluding carboxylic acids is 3. The number of carbonyl (C=O) groups is 3. The Morgan fingerprint density at radius 3 is 1.30 bits per heavy atom. The molecule has 2 amide bonds. The van der Waals surface area contributed by atoms with Crippen molar-refractivity contribution in [2.24, 2.45) is 5.73 Å². The predicted octanol–water partition coefficient (Wildman–Crippen LogP) is 1.99. The van der Waals surface area contributed by atoms with Gasteiger partial charge in [0.05, 0.1) is 106 Å². The summed E-state index contributed by atoms with van der Waals surface area (Å²) >= 11 is 0. The van der Waals surface area contributed by atoms with Crippen molar-refractivity contribution in [2.45, 2.75) is 84.5 Å². The highest BCUT2D eigenvalue weighted by molar-refractivity contribution is 5.84. The van der Waals surface area contributed by atoms with E-state index in [0.717, 1.165) is 12.8 Å². The maximum absolute atomic E-state index is 12.5. The summed E-state index contributed by atoms with van der Waals surface area (Å²) in [6, 6.07) is -0.702. The largest absolute Gasteiger partial charge is 0.458 e. The number of hydrogen-bond acceptors (Lipinski definition) is 14. The Morgan fingerprint density at radius 1 is 0.540 bits per heavy atom. The Hall–Kier alpha value is -2.15. The van der Waals surface area contributed by atoms with Crippen LogP contribution in [0, 0.1) is 0 Å². The zero-order chi connectivity index (χ0) is 37.4. The summed E-state index contributed by atoms with van der Waals surface area (Å²) in [5.74, 6) is -0.715. The molecule has 0 aliphatic heterocycles. The van der Waals surface area contributed by atoms with Crippen LogP contribution in [0.25, 0.3) is 0 Å². The molecule has 0 heterocycles. The van der Waals surface area contributed by atoms with Crippen LogP contribution in [0.1, 0.15) is 67.2 Å². The third kappa shape index (κ3) is 35.7. The van der Waals surface area contributed by atoms with E-state index < -0.39 is 29.3 Å². The van der Waals surface area contributed by atoms with Gasteiger partial charge in [-0.2, -0.15) is 0 Å². The van der Waals surface area contributed by atoms with Crippen LogP contribution in [0.4, 0.5) is 4.79 Å². The number of nitrogens with two attached hydrogens (primary N) is 1. The SMILES string of the molecule is CC(C)(C)OC(=O)NCCOCCOCCOCCOCCOCCOCCOCCOCCC(=O)N[C@@H](CCCCN)C(=O)OC(C)(C)C. The quantitative estimate of drug-likeness (QED) is 0.0657. The third-order valence-corrected chi connectivity index (χ3v) is 5.97. The van der Waals surface area contributed by atoms with Crippen LogP contribution >= 0.6 is 0 Å². The van der Waals surface area contributed by atoms with Gasteiger partial charge in [0.2, 0.25) is 5.91 Å². The number of unbranched alkanes of at least 4 members (excludes halogenated alkanes) is 1. The molecule has 0 saturated carbocycles. The predicted molar refractivity (Wildman–Crippen MR) is 186 cm³/mol. The molecule has 0 unspecified atom stereocenters. The summed E-state index contributed by atoms with van der Waals surface area (Å²) in [6.07, 6.45) is 1.63. The summed E-state index contributed by atoms with van der Waals surface area (Å²) in [4.78, 5) is 36.3. The van der Waals surface area contributed by atoms with Gasteiger partial charge in [0.15, 0.2) is 0 Å². The van der Waals surface area contributed by atoms with Crippen LogP contribution in [0.15, 0.2) is 0 Å². The van der Waals surface area contributed by atoms with Crippen molar-refractivity contribution in [3.05, 3.63) is 0 Å². The van der Waals surface area contributed by atoms with Crippen molar-refractivity contribution in [3.63, 3.8) is 0 Å². The molecule has 50 heavy (non-hydrogen) atoms. The van der Waals surface area contributed by atoms with E-state index in [1.165, 1.54) is 0 Å². The highest BCUT2D eigenvalue weighted by Crippen LogP contribution is 2.12. The second kappa shape index (κ2) is 31.6. The maximum atomic E-state index is 12.5. The molecular weight excluding hydrogens is 658 g/mol. The van der Waals surface area contributed by atoms with Crippen LogP contribution in [0.5, 0.6) is 0 Å². The van der Waals surface area contributed by atoms with Crippen molar-refractivity contribution in [2.75, 3.05) is 119 Å². The minimum absolute atomic E-state index is 0.131. The molecule has 296 valence electrons. The molecule has 0 rings (SSSR count). The molecule has 16 nitrogen and oxygen atoms in total. The van der Waals surface area contributed by atoms with E-state index in [-0.39, 0.29) is 18.9 Å². The van der Waals surface area contributed by atoms with Gasteiger partial charge >= 0.3 is 12.1 Å². The number of nitrogens with one attached hydrogen (secondary N) is 2. The second-order valence-electron chi connectivity index (χ2n) is 13.0. The lowest BCUT2D eigenvalue weighted by Gasteiger charge is -2.24. The number of amides is 2. The van der Waals surface area contributed by atoms with Gasteiger partial charge in [-0.3, -0.25) is 4.79 Å². The normalized spacial score (nSPS) is 12.5. The lowest BCUT2D eigenvalue weighted by molar-refractivity contribution is -0.159. The lowest BCUT2D eigenvalue weighted by atomic mass is 10.1. The van der Waals surface area contributed by atoms with E-state index in [0.29, 0.717) is 119 Å². The fourth-order valence-electron chi connectivity index (χ4n) is 3.73. The van der Waals surface area contributed by atoms with Gasteiger partial charge in [-0.15, -0.1) is 0 Å². The number of hydrogen-bond donors (Lipinski definition) is 3. The monoisotopic (exact) mass is 725 g/mol. The van der Waals surface area contributed by atoms with Gasteiger partial charge in [0.1, 0.15) is 17.2 Å². The average Bonchev–Trinajstić information content (AvgIpc) is 3.02. The molecule has 1 atom stereocenters. The Labute approximate surface area is 299 Å². The van der Waals surface area contributed by atoms with Crippen LogP contribution in [-0.4, -0.2) is 154 Å². The molecule has 0 bridgehead atoms. The van der Waals surface area contributed by atoms with Crippen molar-refractivity contribution >= 4 is 18.0 Å². The number of esters is 1. The van der Waals surface area contributed by atoms with Gasteiger partial charge < -0.3 is 63.7 Å². The summed E-state index contributed by atoms with van der Waals surface area (Å²) in [7, 11) is 0. The average molecular weight is 726 g/mol. The molecule has 16 heteroatoms. The molecule has 0 aromatic carbocycles. The van der Waals surface area contributed by atoms with Crippen molar-refractivity contribution < 1.29 is 61.8 Å². The Kier molecular flexibility index (Phi) is 30.2. The van der Waals surface area contributed by atoms with Gasteiger partial charge in [-0.1, -0.05) is 0 Å².